The second-order valence-electron chi connectivity index (χ2n) is 6.26. The van der Waals surface area contributed by atoms with Gasteiger partial charge in [0.25, 0.3) is 0 Å². The molecule has 0 amide bonds. The molecule has 0 aliphatic carbocycles. The molecule has 0 aliphatic rings. The van der Waals surface area contributed by atoms with E-state index in [4.69, 9.17) is 0 Å². The van der Waals surface area contributed by atoms with Gasteiger partial charge in [-0.15, -0.1) is 0 Å². The molecule has 16 heavy (non-hydrogen) atoms. The summed E-state index contributed by atoms with van der Waals surface area (Å²) >= 11 is 0. The van der Waals surface area contributed by atoms with Crippen molar-refractivity contribution in [1.82, 2.24) is 0 Å². The van der Waals surface area contributed by atoms with Crippen LogP contribution in [0.2, 0.25) is 39.3 Å². The Morgan fingerprint density at radius 2 is 1.38 bits per heavy atom. The predicted octanol–water partition coefficient (Wildman–Crippen LogP) is -1.43. The molecule has 1 aromatic carbocycles. The Morgan fingerprint density at radius 3 is 1.75 bits per heavy atom. The van der Waals surface area contributed by atoms with Crippen LogP contribution in [0.5, 0.6) is 0 Å². The third-order valence-corrected chi connectivity index (χ3v) is 7.45. The number of rotatable bonds is 2. The smallest absolute Gasteiger partial charge is 0.652 e. The molecule has 0 bridgehead atoms. The summed E-state index contributed by atoms with van der Waals surface area (Å²) in [5, 5.41) is 4.41. The summed E-state index contributed by atoms with van der Waals surface area (Å²) < 4.78 is 0. The van der Waals surface area contributed by atoms with Crippen LogP contribution in [-0.4, -0.2) is 26.4 Å². The Balaban J connectivity index is 0.00000225. The SMILES string of the molecule is C[Si](C)(C)c1ccc([Si-])c([Si](C)(C)C)c1.[Li+]. The van der Waals surface area contributed by atoms with E-state index in [2.05, 4.69) is 67.7 Å². The van der Waals surface area contributed by atoms with E-state index in [1.54, 1.807) is 10.4 Å². The standard InChI is InChI=1S/C12H21Si3.Li/c1-14(2,3)10-7-8-11(13)12(9-10)15(4,5)6;/h7-9H,1-6H3;/q-1;+1. The first-order chi connectivity index (χ1) is 6.62. The Kier molecular flexibility index (Phi) is 5.57. The maximum absolute atomic E-state index is 3.74. The fourth-order valence-corrected chi connectivity index (χ4v) is 5.70. The van der Waals surface area contributed by atoms with Gasteiger partial charge in [0.1, 0.15) is 0 Å². The van der Waals surface area contributed by atoms with Gasteiger partial charge < -0.3 is 10.2 Å². The van der Waals surface area contributed by atoms with Crippen molar-refractivity contribution in [2.45, 2.75) is 39.3 Å². The van der Waals surface area contributed by atoms with Crippen LogP contribution < -0.4 is 34.4 Å². The monoisotopic (exact) mass is 256 g/mol. The molecular weight excluding hydrogens is 235 g/mol. The van der Waals surface area contributed by atoms with Crippen molar-refractivity contribution in [1.29, 1.82) is 0 Å². The number of benzene rings is 1. The van der Waals surface area contributed by atoms with E-state index in [1.165, 1.54) is 5.19 Å². The molecule has 0 heterocycles. The van der Waals surface area contributed by atoms with E-state index in [1.807, 2.05) is 0 Å². The molecule has 0 aromatic heterocycles. The fraction of sp³-hybridized carbons (Fsp3) is 0.500. The van der Waals surface area contributed by atoms with Crippen molar-refractivity contribution in [2.24, 2.45) is 0 Å². The van der Waals surface area contributed by atoms with Crippen LogP contribution in [0.15, 0.2) is 18.2 Å². The van der Waals surface area contributed by atoms with Gasteiger partial charge in [-0.2, -0.15) is 0 Å². The first-order valence-electron chi connectivity index (χ1n) is 5.49. The second-order valence-corrected chi connectivity index (χ2v) is 16.9. The zero-order valence-electron chi connectivity index (χ0n) is 11.7. The fourth-order valence-electron chi connectivity index (χ4n) is 1.63. The Labute approximate surface area is 118 Å². The Morgan fingerprint density at radius 1 is 0.875 bits per heavy atom. The van der Waals surface area contributed by atoms with Gasteiger partial charge >= 0.3 is 18.9 Å². The normalized spacial score (nSPS) is 12.1. The first-order valence-corrected chi connectivity index (χ1v) is 13.0. The summed E-state index contributed by atoms with van der Waals surface area (Å²) in [6, 6.07) is 6.97. The van der Waals surface area contributed by atoms with E-state index in [0.29, 0.717) is 0 Å². The van der Waals surface area contributed by atoms with Gasteiger partial charge in [0, 0.05) is 0 Å². The van der Waals surface area contributed by atoms with E-state index in [0.717, 1.165) is 0 Å². The topological polar surface area (TPSA) is 0 Å². The molecule has 0 N–H and O–H groups in total. The van der Waals surface area contributed by atoms with Crippen LogP contribution in [0.3, 0.4) is 0 Å². The predicted molar refractivity (Wildman–Crippen MR) is 77.8 cm³/mol. The van der Waals surface area contributed by atoms with Gasteiger partial charge in [-0.1, -0.05) is 67.9 Å². The molecule has 0 unspecified atom stereocenters. The van der Waals surface area contributed by atoms with Gasteiger partial charge in [0.2, 0.25) is 0 Å². The average Bonchev–Trinajstić information content (AvgIpc) is 2.00. The molecule has 1 rings (SSSR count). The summed E-state index contributed by atoms with van der Waals surface area (Å²) in [5.41, 5.74) is 0. The molecule has 4 heteroatoms. The molecule has 0 atom stereocenters. The second kappa shape index (κ2) is 5.41. The van der Waals surface area contributed by atoms with Crippen LogP contribution >= 0.6 is 0 Å². The molecule has 0 spiro atoms. The minimum atomic E-state index is -1.21. The number of hydrogen-bond acceptors (Lipinski definition) is 0. The third kappa shape index (κ3) is 4.05. The zero-order chi connectivity index (χ0) is 11.9. The van der Waals surface area contributed by atoms with Gasteiger partial charge in [-0.3, -0.25) is 5.19 Å². The summed E-state index contributed by atoms with van der Waals surface area (Å²) in [6.07, 6.45) is 0. The van der Waals surface area contributed by atoms with E-state index in [9.17, 15) is 0 Å². The molecule has 0 fully saturated rings. The Hall–Kier alpha value is 0.468. The molecule has 0 nitrogen and oxygen atoms in total. The van der Waals surface area contributed by atoms with Crippen LogP contribution in [0.1, 0.15) is 0 Å². The summed E-state index contributed by atoms with van der Waals surface area (Å²) in [6.45, 7) is 14.4. The van der Waals surface area contributed by atoms with E-state index >= 15 is 0 Å². The van der Waals surface area contributed by atoms with Gasteiger partial charge in [0.15, 0.2) is 0 Å². The minimum absolute atomic E-state index is 0. The molecule has 0 saturated carbocycles. The molecule has 1 aromatic rings. The van der Waals surface area contributed by atoms with Gasteiger partial charge in [-0.05, 0) is 0 Å². The summed E-state index contributed by atoms with van der Waals surface area (Å²) in [7, 11) is 1.36. The quantitative estimate of drug-likeness (QED) is 0.570. The molecule has 2 radical (unpaired) electrons. The van der Waals surface area contributed by atoms with Crippen LogP contribution in [0, 0.1) is 0 Å². The molecule has 82 valence electrons. The summed E-state index contributed by atoms with van der Waals surface area (Å²) in [4.78, 5) is 0. The first kappa shape index (κ1) is 16.5. The van der Waals surface area contributed by atoms with Crippen molar-refractivity contribution >= 4 is 42.0 Å². The van der Waals surface area contributed by atoms with Crippen molar-refractivity contribution in [3.63, 3.8) is 0 Å². The van der Waals surface area contributed by atoms with Crippen LogP contribution in [0.25, 0.3) is 0 Å². The van der Waals surface area contributed by atoms with Crippen molar-refractivity contribution in [3.05, 3.63) is 18.2 Å². The van der Waals surface area contributed by atoms with Crippen molar-refractivity contribution < 1.29 is 18.9 Å². The van der Waals surface area contributed by atoms with Crippen molar-refractivity contribution in [3.8, 4) is 0 Å². The Bertz CT molecular complexity index is 362. The van der Waals surface area contributed by atoms with E-state index < -0.39 is 16.1 Å². The van der Waals surface area contributed by atoms with Crippen LogP contribution in [-0.2, 0) is 0 Å². The largest absolute Gasteiger partial charge is 1.00 e. The van der Waals surface area contributed by atoms with Gasteiger partial charge in [0.05, 0.1) is 16.1 Å². The third-order valence-electron chi connectivity index (χ3n) is 2.69. The molecular formula is C12H21LiSi3. The average molecular weight is 256 g/mol. The molecule has 0 aliphatic heterocycles. The van der Waals surface area contributed by atoms with Crippen LogP contribution in [0.4, 0.5) is 0 Å². The summed E-state index contributed by atoms with van der Waals surface area (Å²) in [5.74, 6) is 0. The maximum atomic E-state index is 3.74. The van der Waals surface area contributed by atoms with Crippen molar-refractivity contribution in [2.75, 3.05) is 0 Å². The van der Waals surface area contributed by atoms with E-state index in [-0.39, 0.29) is 18.9 Å². The molecule has 0 saturated heterocycles. The minimum Gasteiger partial charge on any atom is -0.652 e. The number of hydrogen-bond donors (Lipinski definition) is 0. The maximum Gasteiger partial charge on any atom is 1.00 e. The van der Waals surface area contributed by atoms with Gasteiger partial charge in [-0.25, -0.2) is 0 Å². The zero-order valence-corrected chi connectivity index (χ0v) is 14.7.